The lowest BCUT2D eigenvalue weighted by atomic mass is 9.67. The highest BCUT2D eigenvalue weighted by Crippen LogP contribution is 2.50. The number of carbonyl (C=O) groups is 1. The van der Waals surface area contributed by atoms with Gasteiger partial charge < -0.3 is 9.64 Å². The Hall–Kier alpha value is -1.24. The molecule has 1 saturated carbocycles. The maximum Gasteiger partial charge on any atom is 0.312 e. The lowest BCUT2D eigenvalue weighted by molar-refractivity contribution is -0.151. The third-order valence-corrected chi connectivity index (χ3v) is 5.67. The summed E-state index contributed by atoms with van der Waals surface area (Å²) in [5, 5.41) is 9.46. The van der Waals surface area contributed by atoms with Gasteiger partial charge in [-0.25, -0.2) is 0 Å². The molecular formula is C15H24N4O2S. The van der Waals surface area contributed by atoms with Gasteiger partial charge in [0.1, 0.15) is 6.10 Å². The van der Waals surface area contributed by atoms with Gasteiger partial charge in [-0.1, -0.05) is 18.2 Å². The molecule has 1 aliphatic carbocycles. The summed E-state index contributed by atoms with van der Waals surface area (Å²) in [6, 6.07) is 0.291. The van der Waals surface area contributed by atoms with E-state index in [1.807, 2.05) is 19.0 Å². The van der Waals surface area contributed by atoms with E-state index in [0.717, 1.165) is 42.5 Å². The molecule has 2 aliphatic rings. The Balaban J connectivity index is 1.66. The van der Waals surface area contributed by atoms with Crippen molar-refractivity contribution in [3.63, 3.8) is 0 Å². The maximum absolute atomic E-state index is 12.0. The third kappa shape index (κ3) is 2.59. The number of carbonyl (C=O) groups excluding carboxylic acids is 1. The van der Waals surface area contributed by atoms with Crippen molar-refractivity contribution >= 4 is 23.7 Å². The van der Waals surface area contributed by atoms with Gasteiger partial charge in [0.25, 0.3) is 0 Å². The number of rotatable bonds is 5. The first-order chi connectivity index (χ1) is 10.4. The summed E-state index contributed by atoms with van der Waals surface area (Å²) in [5.74, 6) is 1.63. The minimum Gasteiger partial charge on any atom is -0.461 e. The van der Waals surface area contributed by atoms with Gasteiger partial charge in [-0.3, -0.25) is 9.36 Å². The van der Waals surface area contributed by atoms with Crippen LogP contribution in [0.25, 0.3) is 0 Å². The van der Waals surface area contributed by atoms with Gasteiger partial charge in [0, 0.05) is 32.3 Å². The first kappa shape index (κ1) is 15.6. The Bertz CT molecular complexity index is 566. The predicted molar refractivity (Wildman–Crippen MR) is 86.2 cm³/mol. The number of aromatic nitrogens is 3. The van der Waals surface area contributed by atoms with Gasteiger partial charge in [0.2, 0.25) is 5.95 Å². The number of nitrogens with zero attached hydrogens (tertiary/aromatic N) is 4. The van der Waals surface area contributed by atoms with Crippen molar-refractivity contribution < 1.29 is 9.53 Å². The van der Waals surface area contributed by atoms with Crippen LogP contribution in [-0.2, 0) is 9.53 Å². The number of thioether (sulfide) groups is 1. The van der Waals surface area contributed by atoms with Crippen LogP contribution in [0, 0.1) is 5.41 Å². The quantitative estimate of drug-likeness (QED) is 0.613. The minimum absolute atomic E-state index is 0.0120. The zero-order valence-electron chi connectivity index (χ0n) is 13.7. The Kier molecular flexibility index (Phi) is 4.09. The highest BCUT2D eigenvalue weighted by Gasteiger charge is 2.52. The number of esters is 1. The monoisotopic (exact) mass is 324 g/mol. The van der Waals surface area contributed by atoms with Gasteiger partial charge >= 0.3 is 5.97 Å². The molecule has 1 atom stereocenters. The predicted octanol–water partition coefficient (Wildman–Crippen LogP) is 2.50. The van der Waals surface area contributed by atoms with Crippen LogP contribution in [0.2, 0.25) is 0 Å². The van der Waals surface area contributed by atoms with Crippen molar-refractivity contribution in [2.75, 3.05) is 24.7 Å². The summed E-state index contributed by atoms with van der Waals surface area (Å²) in [6.07, 6.45) is 4.04. The molecule has 0 bridgehead atoms. The Morgan fingerprint density at radius 2 is 2.14 bits per heavy atom. The first-order valence-corrected chi connectivity index (χ1v) is 8.87. The SMILES string of the molecule is CC(C)n1c(SCC2CC3(CCC3)C(=O)O2)nnc1N(C)C. The highest BCUT2D eigenvalue weighted by molar-refractivity contribution is 7.99. The molecule has 2 heterocycles. The van der Waals surface area contributed by atoms with Crippen molar-refractivity contribution in [3.05, 3.63) is 0 Å². The first-order valence-electron chi connectivity index (χ1n) is 7.89. The van der Waals surface area contributed by atoms with Crippen LogP contribution in [0.15, 0.2) is 5.16 Å². The number of hydrogen-bond donors (Lipinski definition) is 0. The number of cyclic esters (lactones) is 1. The summed E-state index contributed by atoms with van der Waals surface area (Å²) < 4.78 is 7.69. The molecule has 0 N–H and O–H groups in total. The molecule has 1 aromatic rings. The van der Waals surface area contributed by atoms with Gasteiger partial charge in [-0.05, 0) is 26.7 Å². The molecule has 22 heavy (non-hydrogen) atoms. The summed E-state index contributed by atoms with van der Waals surface area (Å²) >= 11 is 1.63. The second-order valence-electron chi connectivity index (χ2n) is 6.82. The van der Waals surface area contributed by atoms with E-state index in [2.05, 4.69) is 28.6 Å². The zero-order chi connectivity index (χ0) is 15.9. The molecule has 6 nitrogen and oxygen atoms in total. The van der Waals surface area contributed by atoms with E-state index in [4.69, 9.17) is 4.74 Å². The molecular weight excluding hydrogens is 300 g/mol. The topological polar surface area (TPSA) is 60.3 Å². The average molecular weight is 324 g/mol. The van der Waals surface area contributed by atoms with E-state index in [-0.39, 0.29) is 17.5 Å². The Labute approximate surface area is 135 Å². The smallest absolute Gasteiger partial charge is 0.312 e. The van der Waals surface area contributed by atoms with Crippen LogP contribution in [-0.4, -0.2) is 46.7 Å². The van der Waals surface area contributed by atoms with Crippen LogP contribution >= 0.6 is 11.8 Å². The molecule has 0 radical (unpaired) electrons. The van der Waals surface area contributed by atoms with Crippen molar-refractivity contribution in [1.29, 1.82) is 0 Å². The molecule has 122 valence electrons. The second kappa shape index (κ2) is 5.76. The molecule has 1 spiro atoms. The third-order valence-electron chi connectivity index (χ3n) is 4.60. The van der Waals surface area contributed by atoms with Crippen LogP contribution in [0.4, 0.5) is 5.95 Å². The standard InChI is InChI=1S/C15H24N4O2S/c1-10(2)19-13(18(3)4)16-17-14(19)22-9-11-8-15(6-5-7-15)12(20)21-11/h10-11H,5-9H2,1-4H3. The average Bonchev–Trinajstić information content (AvgIpc) is 2.96. The molecule has 0 amide bonds. The van der Waals surface area contributed by atoms with Crippen molar-refractivity contribution in [2.45, 2.75) is 56.8 Å². The van der Waals surface area contributed by atoms with Crippen LogP contribution in [0.3, 0.4) is 0 Å². The molecule has 1 unspecified atom stereocenters. The van der Waals surface area contributed by atoms with Gasteiger partial charge in [-0.2, -0.15) is 0 Å². The molecule has 1 aromatic heterocycles. The van der Waals surface area contributed by atoms with Gasteiger partial charge in [0.05, 0.1) is 5.41 Å². The molecule has 2 fully saturated rings. The fourth-order valence-electron chi connectivity index (χ4n) is 3.23. The van der Waals surface area contributed by atoms with Crippen LogP contribution < -0.4 is 4.90 Å². The van der Waals surface area contributed by atoms with E-state index in [1.54, 1.807) is 11.8 Å². The van der Waals surface area contributed by atoms with E-state index in [9.17, 15) is 4.79 Å². The summed E-state index contributed by atoms with van der Waals surface area (Å²) in [4.78, 5) is 14.0. The maximum atomic E-state index is 12.0. The van der Waals surface area contributed by atoms with Crippen molar-refractivity contribution in [1.82, 2.24) is 14.8 Å². The zero-order valence-corrected chi connectivity index (χ0v) is 14.5. The number of anilines is 1. The number of ether oxygens (including phenoxy) is 1. The molecule has 0 aromatic carbocycles. The summed E-state index contributed by atoms with van der Waals surface area (Å²) in [7, 11) is 3.94. The fourth-order valence-corrected chi connectivity index (χ4v) is 4.28. The second-order valence-corrected chi connectivity index (χ2v) is 7.80. The summed E-state index contributed by atoms with van der Waals surface area (Å²) in [6.45, 7) is 4.25. The van der Waals surface area contributed by atoms with Crippen LogP contribution in [0.5, 0.6) is 0 Å². The van der Waals surface area contributed by atoms with Crippen molar-refractivity contribution in [3.8, 4) is 0 Å². The van der Waals surface area contributed by atoms with E-state index in [1.165, 1.54) is 0 Å². The lowest BCUT2D eigenvalue weighted by Gasteiger charge is -2.33. The molecule has 1 aliphatic heterocycles. The molecule has 1 saturated heterocycles. The fraction of sp³-hybridized carbons (Fsp3) is 0.800. The molecule has 3 rings (SSSR count). The Morgan fingerprint density at radius 3 is 2.64 bits per heavy atom. The largest absolute Gasteiger partial charge is 0.461 e. The van der Waals surface area contributed by atoms with E-state index in [0.29, 0.717) is 6.04 Å². The van der Waals surface area contributed by atoms with Gasteiger partial charge in [-0.15, -0.1) is 10.2 Å². The molecule has 7 heteroatoms. The van der Waals surface area contributed by atoms with E-state index >= 15 is 0 Å². The minimum atomic E-state index is -0.147. The van der Waals surface area contributed by atoms with Crippen LogP contribution in [0.1, 0.15) is 45.6 Å². The highest BCUT2D eigenvalue weighted by atomic mass is 32.2. The Morgan fingerprint density at radius 1 is 1.41 bits per heavy atom. The van der Waals surface area contributed by atoms with Gasteiger partial charge in [0.15, 0.2) is 5.16 Å². The van der Waals surface area contributed by atoms with E-state index < -0.39 is 0 Å². The lowest BCUT2D eigenvalue weighted by Crippen LogP contribution is -2.33. The summed E-state index contributed by atoms with van der Waals surface area (Å²) in [5.41, 5.74) is -0.147. The normalized spacial score (nSPS) is 23.0. The number of hydrogen-bond acceptors (Lipinski definition) is 6. The van der Waals surface area contributed by atoms with Crippen molar-refractivity contribution in [2.24, 2.45) is 5.41 Å².